The molecule has 1 amide bonds. The molecule has 3 N–H and O–H groups in total. The first-order valence-corrected chi connectivity index (χ1v) is 10.6. The van der Waals surface area contributed by atoms with Crippen molar-refractivity contribution >= 4 is 44.9 Å². The summed E-state index contributed by atoms with van der Waals surface area (Å²) in [4.78, 5) is 32.0. The number of hydrogen-bond donors (Lipinski definition) is 3. The summed E-state index contributed by atoms with van der Waals surface area (Å²) in [7, 11) is 0. The Hall–Kier alpha value is -3.27. The van der Waals surface area contributed by atoms with Crippen molar-refractivity contribution in [1.29, 1.82) is 0 Å². The van der Waals surface area contributed by atoms with Crippen LogP contribution in [-0.4, -0.2) is 39.1 Å². The summed E-state index contributed by atoms with van der Waals surface area (Å²) in [6.07, 6.45) is 3.36. The Morgan fingerprint density at radius 3 is 2.84 bits per heavy atom. The topological polar surface area (TPSA) is 113 Å². The van der Waals surface area contributed by atoms with Crippen molar-refractivity contribution in [1.82, 2.24) is 15.3 Å². The highest BCUT2D eigenvalue weighted by atomic mass is 32.1. The summed E-state index contributed by atoms with van der Waals surface area (Å²) in [6.45, 7) is 3.19. The molecule has 4 rings (SSSR count). The van der Waals surface area contributed by atoms with Gasteiger partial charge in [0.15, 0.2) is 0 Å². The Bertz CT molecular complexity index is 1170. The lowest BCUT2D eigenvalue weighted by molar-refractivity contribution is -0.119. The summed E-state index contributed by atoms with van der Waals surface area (Å²) in [6, 6.07) is 4.21. The van der Waals surface area contributed by atoms with Crippen LogP contribution in [0, 0.1) is 12.7 Å². The number of thiophene rings is 1. The molecule has 8 nitrogen and oxygen atoms in total. The van der Waals surface area contributed by atoms with E-state index in [2.05, 4.69) is 20.6 Å². The molecule has 0 aliphatic heterocycles. The summed E-state index contributed by atoms with van der Waals surface area (Å²) < 4.78 is 20.0. The minimum atomic E-state index is -1.02. The number of nitrogens with zero attached hydrogens (tertiary/aromatic N) is 2. The Balaban J connectivity index is 1.62. The van der Waals surface area contributed by atoms with E-state index in [1.54, 1.807) is 13.0 Å². The number of carbonyl (C=O) groups excluding carboxylic acids is 1. The molecule has 2 aromatic heterocycles. The third-order valence-electron chi connectivity index (χ3n) is 5.20. The molecule has 1 aliphatic rings. The molecule has 2 heterocycles. The molecule has 31 heavy (non-hydrogen) atoms. The smallest absolute Gasteiger partial charge is 0.346 e. The van der Waals surface area contributed by atoms with E-state index in [0.717, 1.165) is 24.2 Å². The van der Waals surface area contributed by atoms with E-state index in [1.807, 2.05) is 0 Å². The number of anilines is 2. The first-order chi connectivity index (χ1) is 14.8. The molecular formula is C21H21FN4O4S. The summed E-state index contributed by atoms with van der Waals surface area (Å²) in [5.74, 6) is -0.799. The van der Waals surface area contributed by atoms with Gasteiger partial charge in [0.25, 0.3) is 0 Å². The molecule has 1 aliphatic carbocycles. The molecule has 3 aromatic rings. The standard InChI is InChI=1S/C21H21FN4O4S/c1-10-17-19(23-9-24-20(17)31-18(10)21(28)29)26-15-6-3-12(22)7-16(15)30-14-5-4-13(8-14)25-11(2)27/h3,6-7,9,13-14H,4-5,8H2,1-2H3,(H,25,27)(H,28,29)(H,23,24,26)/t13-,14-/m0/s1. The van der Waals surface area contributed by atoms with Gasteiger partial charge < -0.3 is 20.5 Å². The van der Waals surface area contributed by atoms with Crippen LogP contribution in [0.3, 0.4) is 0 Å². The molecule has 2 atom stereocenters. The quantitative estimate of drug-likeness (QED) is 0.526. The SMILES string of the molecule is CC(=O)N[C@H]1CC[C@H](Oc2cc(F)ccc2Nc2ncnc3sc(C(=O)O)c(C)c23)C1. The van der Waals surface area contributed by atoms with Gasteiger partial charge in [0.05, 0.1) is 11.1 Å². The number of halogens is 1. The van der Waals surface area contributed by atoms with Crippen LogP contribution < -0.4 is 15.4 Å². The monoisotopic (exact) mass is 444 g/mol. The van der Waals surface area contributed by atoms with E-state index in [1.165, 1.54) is 25.4 Å². The van der Waals surface area contributed by atoms with E-state index in [-0.39, 0.29) is 22.9 Å². The lowest BCUT2D eigenvalue weighted by Gasteiger charge is -2.18. The van der Waals surface area contributed by atoms with E-state index in [9.17, 15) is 19.1 Å². The number of aryl methyl sites for hydroxylation is 1. The number of carboxylic acids is 1. The minimum Gasteiger partial charge on any atom is -0.488 e. The summed E-state index contributed by atoms with van der Waals surface area (Å²) >= 11 is 1.08. The molecule has 0 radical (unpaired) electrons. The summed E-state index contributed by atoms with van der Waals surface area (Å²) in [5, 5.41) is 16.1. The average Bonchev–Trinajstić information content (AvgIpc) is 3.28. The van der Waals surface area contributed by atoms with Crippen molar-refractivity contribution in [2.75, 3.05) is 5.32 Å². The molecule has 0 unspecified atom stereocenters. The second-order valence-corrected chi connectivity index (χ2v) is 8.48. The third-order valence-corrected chi connectivity index (χ3v) is 6.39. The number of aromatic carboxylic acids is 1. The molecule has 10 heteroatoms. The van der Waals surface area contributed by atoms with Crippen LogP contribution in [-0.2, 0) is 4.79 Å². The van der Waals surface area contributed by atoms with Gasteiger partial charge in [0.1, 0.15) is 39.5 Å². The summed E-state index contributed by atoms with van der Waals surface area (Å²) in [5.41, 5.74) is 1.07. The van der Waals surface area contributed by atoms with Crippen LogP contribution >= 0.6 is 11.3 Å². The van der Waals surface area contributed by atoms with Crippen LogP contribution in [0.2, 0.25) is 0 Å². The van der Waals surface area contributed by atoms with Gasteiger partial charge in [-0.15, -0.1) is 11.3 Å². The fourth-order valence-electron chi connectivity index (χ4n) is 3.84. The number of benzene rings is 1. The van der Waals surface area contributed by atoms with Crippen LogP contribution in [0.4, 0.5) is 15.9 Å². The number of carboxylic acid groups (broad SMARTS) is 1. The molecule has 162 valence electrons. The maximum absolute atomic E-state index is 14.0. The predicted octanol–water partition coefficient (Wildman–Crippen LogP) is 4.02. The number of amides is 1. The highest BCUT2D eigenvalue weighted by Crippen LogP contribution is 2.37. The van der Waals surface area contributed by atoms with Gasteiger partial charge in [-0.05, 0) is 37.5 Å². The maximum Gasteiger partial charge on any atom is 0.346 e. The number of ether oxygens (including phenoxy) is 1. The fraction of sp³-hybridized carbons (Fsp3) is 0.333. The second kappa shape index (κ2) is 8.46. The molecule has 0 spiro atoms. The van der Waals surface area contributed by atoms with Crippen molar-refractivity contribution in [2.45, 2.75) is 45.3 Å². The first kappa shape index (κ1) is 21.0. The molecule has 1 saturated carbocycles. The van der Waals surface area contributed by atoms with Crippen molar-refractivity contribution in [3.05, 3.63) is 40.8 Å². The Morgan fingerprint density at radius 1 is 1.29 bits per heavy atom. The van der Waals surface area contributed by atoms with Crippen LogP contribution in [0.5, 0.6) is 5.75 Å². The fourth-order valence-corrected chi connectivity index (χ4v) is 4.83. The lowest BCUT2D eigenvalue weighted by Crippen LogP contribution is -2.31. The van der Waals surface area contributed by atoms with Gasteiger partial charge in [0.2, 0.25) is 5.91 Å². The lowest BCUT2D eigenvalue weighted by atomic mass is 10.2. The van der Waals surface area contributed by atoms with Crippen molar-refractivity contribution in [3.63, 3.8) is 0 Å². The van der Waals surface area contributed by atoms with Crippen molar-refractivity contribution in [2.24, 2.45) is 0 Å². The number of fused-ring (bicyclic) bond motifs is 1. The second-order valence-electron chi connectivity index (χ2n) is 7.48. The Labute approximate surface area is 181 Å². The van der Waals surface area contributed by atoms with E-state index in [0.29, 0.717) is 39.5 Å². The number of carbonyl (C=O) groups is 2. The zero-order valence-corrected chi connectivity index (χ0v) is 17.8. The van der Waals surface area contributed by atoms with Crippen molar-refractivity contribution < 1.29 is 23.8 Å². The maximum atomic E-state index is 14.0. The Morgan fingerprint density at radius 2 is 2.10 bits per heavy atom. The molecular weight excluding hydrogens is 423 g/mol. The van der Waals surface area contributed by atoms with Crippen LogP contribution in [0.25, 0.3) is 10.2 Å². The van der Waals surface area contributed by atoms with E-state index in [4.69, 9.17) is 4.74 Å². The third kappa shape index (κ3) is 4.43. The molecule has 0 bridgehead atoms. The van der Waals surface area contributed by atoms with Crippen molar-refractivity contribution in [3.8, 4) is 5.75 Å². The molecule has 1 aromatic carbocycles. The number of aromatic nitrogens is 2. The zero-order valence-electron chi connectivity index (χ0n) is 16.9. The van der Waals surface area contributed by atoms with Gasteiger partial charge in [0, 0.05) is 25.5 Å². The van der Waals surface area contributed by atoms with Gasteiger partial charge in [-0.25, -0.2) is 19.2 Å². The van der Waals surface area contributed by atoms with E-state index < -0.39 is 11.8 Å². The van der Waals surface area contributed by atoms with Gasteiger partial charge >= 0.3 is 5.97 Å². The highest BCUT2D eigenvalue weighted by Gasteiger charge is 2.27. The normalized spacial score (nSPS) is 18.2. The number of rotatable bonds is 6. The number of nitrogens with one attached hydrogen (secondary N) is 2. The first-order valence-electron chi connectivity index (χ1n) is 9.79. The van der Waals surface area contributed by atoms with Gasteiger partial charge in [-0.3, -0.25) is 4.79 Å². The van der Waals surface area contributed by atoms with E-state index >= 15 is 0 Å². The Kier molecular flexibility index (Phi) is 5.73. The average molecular weight is 444 g/mol. The predicted molar refractivity (Wildman–Crippen MR) is 115 cm³/mol. The zero-order chi connectivity index (χ0) is 22.1. The van der Waals surface area contributed by atoms with Gasteiger partial charge in [-0.1, -0.05) is 0 Å². The minimum absolute atomic E-state index is 0.0388. The molecule has 0 saturated heterocycles. The van der Waals surface area contributed by atoms with Crippen LogP contribution in [0.1, 0.15) is 41.4 Å². The number of hydrogen-bond acceptors (Lipinski definition) is 7. The largest absolute Gasteiger partial charge is 0.488 e. The van der Waals surface area contributed by atoms with Crippen LogP contribution in [0.15, 0.2) is 24.5 Å². The molecule has 1 fully saturated rings. The highest BCUT2D eigenvalue weighted by molar-refractivity contribution is 7.20. The van der Waals surface area contributed by atoms with Gasteiger partial charge in [-0.2, -0.15) is 0 Å².